The van der Waals surface area contributed by atoms with Crippen LogP contribution in [0.5, 0.6) is 0 Å². The number of rotatable bonds is 8. The van der Waals surface area contributed by atoms with E-state index in [1.54, 1.807) is 30.1 Å². The van der Waals surface area contributed by atoms with Gasteiger partial charge in [-0.05, 0) is 44.2 Å². The van der Waals surface area contributed by atoms with Crippen LogP contribution in [0.1, 0.15) is 65.5 Å². The number of carbonyl (C=O) groups excluding carboxylic acids is 3. The number of carbonyl (C=O) groups is 3. The molecule has 0 bridgehead atoms. The lowest BCUT2D eigenvalue weighted by Crippen LogP contribution is -2.33. The molecule has 10 heteroatoms. The Hall–Kier alpha value is -3.71. The molecular formula is C24H28N6O4. The normalized spacial score (nSPS) is 17.6. The molecule has 2 aliphatic rings. The third-order valence-electron chi connectivity index (χ3n) is 6.06. The molecule has 1 saturated carbocycles. The summed E-state index contributed by atoms with van der Waals surface area (Å²) in [4.78, 5) is 41.1. The molecule has 0 saturated heterocycles. The maximum absolute atomic E-state index is 12.4. The van der Waals surface area contributed by atoms with Crippen molar-refractivity contribution >= 4 is 18.2 Å². The quantitative estimate of drug-likeness (QED) is 0.383. The molecular weight excluding hydrogens is 436 g/mol. The lowest BCUT2D eigenvalue weighted by atomic mass is 9.90. The fourth-order valence-electron chi connectivity index (χ4n) is 4.07. The smallest absolute Gasteiger partial charge is 0.269 e. The van der Waals surface area contributed by atoms with Gasteiger partial charge >= 0.3 is 0 Å². The fourth-order valence-corrected chi connectivity index (χ4v) is 4.07. The fraction of sp³-hybridized carbons (Fsp3) is 0.458. The number of aliphatic hydroxyl groups excluding tert-OH is 1. The van der Waals surface area contributed by atoms with Gasteiger partial charge in [-0.15, -0.1) is 0 Å². The highest BCUT2D eigenvalue weighted by atomic mass is 16.3. The minimum absolute atomic E-state index is 0.00862. The molecule has 2 aromatic heterocycles. The van der Waals surface area contributed by atoms with Gasteiger partial charge in [0.15, 0.2) is 11.5 Å². The van der Waals surface area contributed by atoms with Crippen LogP contribution in [0.15, 0.2) is 18.3 Å². The highest BCUT2D eigenvalue weighted by molar-refractivity contribution is 5.93. The van der Waals surface area contributed by atoms with Gasteiger partial charge in [0.05, 0.1) is 11.7 Å². The van der Waals surface area contributed by atoms with E-state index in [4.69, 9.17) is 5.73 Å². The van der Waals surface area contributed by atoms with Crippen molar-refractivity contribution in [1.82, 2.24) is 25.0 Å². The van der Waals surface area contributed by atoms with E-state index in [-0.39, 0.29) is 23.6 Å². The van der Waals surface area contributed by atoms with Crippen LogP contribution in [0.2, 0.25) is 0 Å². The number of amides is 3. The van der Waals surface area contributed by atoms with E-state index in [9.17, 15) is 19.5 Å². The molecule has 4 N–H and O–H groups in total. The van der Waals surface area contributed by atoms with Gasteiger partial charge in [-0.3, -0.25) is 14.4 Å². The molecule has 2 aliphatic carbocycles. The van der Waals surface area contributed by atoms with Crippen LogP contribution < -0.4 is 11.1 Å². The Morgan fingerprint density at radius 2 is 2.21 bits per heavy atom. The van der Waals surface area contributed by atoms with E-state index in [0.29, 0.717) is 49.2 Å². The minimum Gasteiger partial charge on any atom is -0.380 e. The molecule has 3 amide bonds. The van der Waals surface area contributed by atoms with Gasteiger partial charge in [0.1, 0.15) is 6.10 Å². The SMILES string of the molecule is CN(C=O)CC[C@@H](O)C#Cc1ccnc(-n2nc(C(N)=O)c3c2CCC[C@H]3NC(=O)C2CC2)c1. The molecule has 1 fully saturated rings. The molecule has 34 heavy (non-hydrogen) atoms. The number of pyridine rings is 1. The summed E-state index contributed by atoms with van der Waals surface area (Å²) < 4.78 is 1.60. The Kier molecular flexibility index (Phi) is 6.93. The number of aromatic nitrogens is 3. The van der Waals surface area contributed by atoms with Crippen molar-refractivity contribution in [3.63, 3.8) is 0 Å². The Labute approximate surface area is 197 Å². The molecule has 0 radical (unpaired) electrons. The topological polar surface area (TPSA) is 143 Å². The molecule has 2 atom stereocenters. The van der Waals surface area contributed by atoms with Gasteiger partial charge in [0, 0.05) is 43.3 Å². The van der Waals surface area contributed by atoms with E-state index in [1.165, 1.54) is 4.90 Å². The second-order valence-corrected chi connectivity index (χ2v) is 8.78. The number of primary amides is 1. The summed E-state index contributed by atoms with van der Waals surface area (Å²) in [6.07, 6.45) is 5.74. The summed E-state index contributed by atoms with van der Waals surface area (Å²) >= 11 is 0. The zero-order valence-corrected chi connectivity index (χ0v) is 19.0. The van der Waals surface area contributed by atoms with E-state index >= 15 is 0 Å². The van der Waals surface area contributed by atoms with Crippen molar-refractivity contribution in [2.24, 2.45) is 11.7 Å². The molecule has 2 aromatic rings. The monoisotopic (exact) mass is 464 g/mol. The van der Waals surface area contributed by atoms with Crippen molar-refractivity contribution in [2.75, 3.05) is 13.6 Å². The molecule has 178 valence electrons. The number of hydrogen-bond acceptors (Lipinski definition) is 6. The molecule has 10 nitrogen and oxygen atoms in total. The predicted octanol–water partition coefficient (Wildman–Crippen LogP) is 0.460. The molecule has 0 spiro atoms. The van der Waals surface area contributed by atoms with Crippen LogP contribution in [0, 0.1) is 17.8 Å². The average molecular weight is 465 g/mol. The average Bonchev–Trinajstić information content (AvgIpc) is 3.61. The Morgan fingerprint density at radius 3 is 2.91 bits per heavy atom. The number of nitrogens with zero attached hydrogens (tertiary/aromatic N) is 4. The summed E-state index contributed by atoms with van der Waals surface area (Å²) in [5, 5.41) is 17.6. The van der Waals surface area contributed by atoms with Gasteiger partial charge in [-0.25, -0.2) is 9.67 Å². The van der Waals surface area contributed by atoms with Crippen LogP contribution in [-0.2, 0) is 16.0 Å². The largest absolute Gasteiger partial charge is 0.380 e. The molecule has 2 heterocycles. The van der Waals surface area contributed by atoms with Crippen LogP contribution in [0.3, 0.4) is 0 Å². The lowest BCUT2D eigenvalue weighted by molar-refractivity contribution is -0.123. The summed E-state index contributed by atoms with van der Waals surface area (Å²) in [7, 11) is 1.63. The summed E-state index contributed by atoms with van der Waals surface area (Å²) in [5.41, 5.74) is 7.87. The van der Waals surface area contributed by atoms with Gasteiger partial charge in [-0.1, -0.05) is 11.8 Å². The Bertz CT molecular complexity index is 1160. The third-order valence-corrected chi connectivity index (χ3v) is 6.06. The second-order valence-electron chi connectivity index (χ2n) is 8.78. The number of nitrogens with two attached hydrogens (primary N) is 1. The molecule has 0 unspecified atom stereocenters. The third kappa shape index (κ3) is 5.26. The molecule has 4 rings (SSSR count). The van der Waals surface area contributed by atoms with Crippen molar-refractivity contribution in [1.29, 1.82) is 0 Å². The van der Waals surface area contributed by atoms with Gasteiger partial charge in [0.25, 0.3) is 5.91 Å². The van der Waals surface area contributed by atoms with Crippen molar-refractivity contribution in [3.8, 4) is 17.7 Å². The summed E-state index contributed by atoms with van der Waals surface area (Å²) in [6, 6.07) is 3.13. The first-order valence-electron chi connectivity index (χ1n) is 11.4. The lowest BCUT2D eigenvalue weighted by Gasteiger charge is -2.24. The first kappa shape index (κ1) is 23.4. The standard InChI is InChI=1S/C24H28N6O4/c1-29(14-31)12-10-17(32)8-5-15-9-11-26-20(13-15)30-19-4-2-3-18(27-24(34)16-6-7-16)21(19)22(28-30)23(25)33/h9,11,13-14,16-18,32H,2-4,6-7,10,12H2,1H3,(H2,25,33)(H,27,34)/t17-,18+/m0/s1. The maximum atomic E-state index is 12.4. The molecule has 0 aromatic carbocycles. The summed E-state index contributed by atoms with van der Waals surface area (Å²) in [5.74, 6) is 5.58. The first-order chi connectivity index (χ1) is 16.4. The highest BCUT2D eigenvalue weighted by Gasteiger charge is 2.36. The van der Waals surface area contributed by atoms with E-state index < -0.39 is 12.0 Å². The number of hydrogen-bond donors (Lipinski definition) is 3. The van der Waals surface area contributed by atoms with Crippen molar-refractivity contribution in [3.05, 3.63) is 40.8 Å². The van der Waals surface area contributed by atoms with Gasteiger partial charge in [0.2, 0.25) is 12.3 Å². The first-order valence-corrected chi connectivity index (χ1v) is 11.4. The van der Waals surface area contributed by atoms with Crippen LogP contribution >= 0.6 is 0 Å². The van der Waals surface area contributed by atoms with E-state index in [1.807, 2.05) is 0 Å². The second kappa shape index (κ2) is 10.1. The van der Waals surface area contributed by atoms with E-state index in [0.717, 1.165) is 25.0 Å². The maximum Gasteiger partial charge on any atom is 0.269 e. The van der Waals surface area contributed by atoms with E-state index in [2.05, 4.69) is 27.2 Å². The van der Waals surface area contributed by atoms with Crippen LogP contribution in [0.25, 0.3) is 5.82 Å². The van der Waals surface area contributed by atoms with Crippen LogP contribution in [-0.4, -0.2) is 62.7 Å². The van der Waals surface area contributed by atoms with Crippen molar-refractivity contribution < 1.29 is 19.5 Å². The van der Waals surface area contributed by atoms with Crippen molar-refractivity contribution in [2.45, 2.75) is 50.7 Å². The molecule has 0 aliphatic heterocycles. The van der Waals surface area contributed by atoms with Gasteiger partial charge in [-0.2, -0.15) is 5.10 Å². The number of fused-ring (bicyclic) bond motifs is 1. The Morgan fingerprint density at radius 1 is 1.41 bits per heavy atom. The number of nitrogens with one attached hydrogen (secondary N) is 1. The highest BCUT2D eigenvalue weighted by Crippen LogP contribution is 2.36. The zero-order valence-electron chi connectivity index (χ0n) is 19.0. The minimum atomic E-state index is -0.881. The Balaban J connectivity index is 1.60. The zero-order chi connectivity index (χ0) is 24.2. The predicted molar refractivity (Wildman–Crippen MR) is 123 cm³/mol. The number of aliphatic hydroxyl groups is 1. The van der Waals surface area contributed by atoms with Gasteiger partial charge < -0.3 is 21.1 Å². The summed E-state index contributed by atoms with van der Waals surface area (Å²) in [6.45, 7) is 0.398. The van der Waals surface area contributed by atoms with Crippen LogP contribution in [0.4, 0.5) is 0 Å².